The molecule has 0 bridgehead atoms. The van der Waals surface area contributed by atoms with Gasteiger partial charge < -0.3 is 9.47 Å². The molecule has 2 heteroatoms. The Labute approximate surface area is 64.7 Å². The fraction of sp³-hybridized carbons (Fsp3) is 0.333. The second kappa shape index (κ2) is 1.70. The van der Waals surface area contributed by atoms with Gasteiger partial charge in [-0.1, -0.05) is 6.07 Å². The zero-order valence-electron chi connectivity index (χ0n) is 6.04. The van der Waals surface area contributed by atoms with Gasteiger partial charge in [-0.25, -0.2) is 0 Å². The minimum absolute atomic E-state index is 0.329. The van der Waals surface area contributed by atoms with Gasteiger partial charge in [-0.3, -0.25) is 0 Å². The van der Waals surface area contributed by atoms with Crippen molar-refractivity contribution in [2.24, 2.45) is 0 Å². The summed E-state index contributed by atoms with van der Waals surface area (Å²) < 4.78 is 10.9. The molecule has 2 nitrogen and oxygen atoms in total. The Bertz CT molecular complexity index is 306. The Morgan fingerprint density at radius 1 is 1.27 bits per heavy atom. The number of hydrogen-bond acceptors (Lipinski definition) is 2. The molecule has 2 aliphatic heterocycles. The summed E-state index contributed by atoms with van der Waals surface area (Å²) in [5, 5.41) is 0. The Kier molecular flexibility index (Phi) is 0.844. The molecule has 1 aromatic rings. The minimum Gasteiger partial charge on any atom is -0.493 e. The van der Waals surface area contributed by atoms with E-state index in [0.29, 0.717) is 6.10 Å². The van der Waals surface area contributed by atoms with E-state index in [1.807, 2.05) is 18.2 Å². The van der Waals surface area contributed by atoms with Crippen molar-refractivity contribution < 1.29 is 9.47 Å². The summed E-state index contributed by atoms with van der Waals surface area (Å²) in [6.07, 6.45) is 1.33. The highest BCUT2D eigenvalue weighted by atomic mass is 16.5. The van der Waals surface area contributed by atoms with Crippen molar-refractivity contribution in [1.29, 1.82) is 0 Å². The third-order valence-corrected chi connectivity index (χ3v) is 2.25. The zero-order valence-corrected chi connectivity index (χ0v) is 6.04. The fourth-order valence-corrected chi connectivity index (χ4v) is 1.70. The monoisotopic (exact) mass is 148 g/mol. The van der Waals surface area contributed by atoms with Crippen LogP contribution in [0.3, 0.4) is 0 Å². The normalized spacial score (nSPS) is 24.2. The summed E-state index contributed by atoms with van der Waals surface area (Å²) in [4.78, 5) is 0. The zero-order chi connectivity index (χ0) is 7.26. The van der Waals surface area contributed by atoms with Crippen LogP contribution in [0.1, 0.15) is 18.1 Å². The molecule has 11 heavy (non-hydrogen) atoms. The van der Waals surface area contributed by atoms with E-state index in [2.05, 4.69) is 0 Å². The van der Waals surface area contributed by atoms with Gasteiger partial charge in [0.05, 0.1) is 12.2 Å². The van der Waals surface area contributed by atoms with Crippen LogP contribution in [0.15, 0.2) is 18.2 Å². The van der Waals surface area contributed by atoms with Crippen LogP contribution in [0.5, 0.6) is 11.5 Å². The molecule has 0 aliphatic carbocycles. The van der Waals surface area contributed by atoms with Crippen molar-refractivity contribution >= 4 is 0 Å². The van der Waals surface area contributed by atoms with Crippen molar-refractivity contribution in [3.05, 3.63) is 23.8 Å². The molecule has 0 spiro atoms. The molecule has 56 valence electrons. The first-order valence-electron chi connectivity index (χ1n) is 3.87. The molecule has 0 radical (unpaired) electrons. The van der Waals surface area contributed by atoms with Crippen LogP contribution in [0.25, 0.3) is 0 Å². The van der Waals surface area contributed by atoms with Crippen molar-refractivity contribution in [3.63, 3.8) is 0 Å². The molecular weight excluding hydrogens is 140 g/mol. The molecule has 3 rings (SSSR count). The summed E-state index contributed by atoms with van der Waals surface area (Å²) in [6, 6.07) is 5.97. The van der Waals surface area contributed by atoms with E-state index in [4.69, 9.17) is 9.47 Å². The summed E-state index contributed by atoms with van der Waals surface area (Å²) >= 11 is 0. The number of hydrogen-bond donors (Lipinski definition) is 0. The van der Waals surface area contributed by atoms with E-state index < -0.39 is 0 Å². The highest BCUT2D eigenvalue weighted by Crippen LogP contribution is 2.48. The molecule has 0 amide bonds. The van der Waals surface area contributed by atoms with Crippen LogP contribution >= 0.6 is 0 Å². The molecule has 0 N–H and O–H groups in total. The maximum absolute atomic E-state index is 5.49. The van der Waals surface area contributed by atoms with E-state index in [1.165, 1.54) is 5.56 Å². The predicted molar refractivity (Wildman–Crippen MR) is 39.9 cm³/mol. The number of benzene rings is 1. The lowest BCUT2D eigenvalue weighted by Crippen LogP contribution is -2.26. The van der Waals surface area contributed by atoms with Crippen molar-refractivity contribution in [2.45, 2.75) is 12.5 Å². The molecule has 1 atom stereocenters. The molecule has 2 aliphatic rings. The number of ether oxygens (including phenoxy) is 2. The van der Waals surface area contributed by atoms with Crippen LogP contribution in [0.2, 0.25) is 0 Å². The van der Waals surface area contributed by atoms with Gasteiger partial charge in [0.2, 0.25) is 0 Å². The third kappa shape index (κ3) is 0.570. The average molecular weight is 148 g/mol. The lowest BCUT2D eigenvalue weighted by molar-refractivity contribution is 0.0862. The third-order valence-electron chi connectivity index (χ3n) is 2.25. The predicted octanol–water partition coefficient (Wildman–Crippen LogP) is 1.90. The molecule has 2 heterocycles. The molecule has 0 saturated heterocycles. The van der Waals surface area contributed by atoms with Gasteiger partial charge in [0.1, 0.15) is 17.6 Å². The summed E-state index contributed by atoms with van der Waals surface area (Å²) in [5.41, 5.74) is 1.28. The van der Waals surface area contributed by atoms with E-state index in [1.54, 1.807) is 0 Å². The van der Waals surface area contributed by atoms with Gasteiger partial charge in [-0.05, 0) is 12.1 Å². The van der Waals surface area contributed by atoms with E-state index in [9.17, 15) is 0 Å². The smallest absolute Gasteiger partial charge is 0.134 e. The Morgan fingerprint density at radius 2 is 2.18 bits per heavy atom. The molecule has 0 saturated carbocycles. The summed E-state index contributed by atoms with van der Waals surface area (Å²) in [6.45, 7) is 0.793. The first-order valence-corrected chi connectivity index (χ1v) is 3.87. The molecular formula is C9H8O2. The van der Waals surface area contributed by atoms with Gasteiger partial charge in [-0.2, -0.15) is 0 Å². The number of rotatable bonds is 0. The average Bonchev–Trinajstić information content (AvgIpc) is 2.01. The fourth-order valence-electron chi connectivity index (χ4n) is 1.70. The maximum atomic E-state index is 5.49. The second-order valence-corrected chi connectivity index (χ2v) is 2.91. The Morgan fingerprint density at radius 3 is 3.09 bits per heavy atom. The molecule has 1 aromatic carbocycles. The van der Waals surface area contributed by atoms with Crippen LogP contribution in [-0.4, -0.2) is 6.61 Å². The SMILES string of the molecule is c1cc2c3c(c1)OC3CCO2. The summed E-state index contributed by atoms with van der Waals surface area (Å²) in [5.74, 6) is 2.03. The molecule has 1 unspecified atom stereocenters. The van der Waals surface area contributed by atoms with Crippen LogP contribution in [0.4, 0.5) is 0 Å². The van der Waals surface area contributed by atoms with E-state index >= 15 is 0 Å². The van der Waals surface area contributed by atoms with E-state index in [0.717, 1.165) is 24.5 Å². The van der Waals surface area contributed by atoms with Crippen molar-refractivity contribution in [3.8, 4) is 11.5 Å². The maximum Gasteiger partial charge on any atom is 0.134 e. The van der Waals surface area contributed by atoms with E-state index in [-0.39, 0.29) is 0 Å². The van der Waals surface area contributed by atoms with Gasteiger partial charge in [-0.15, -0.1) is 0 Å². The highest BCUT2D eigenvalue weighted by molar-refractivity contribution is 5.52. The largest absolute Gasteiger partial charge is 0.493 e. The Hall–Kier alpha value is -1.18. The van der Waals surface area contributed by atoms with Gasteiger partial charge in [0, 0.05) is 6.42 Å². The van der Waals surface area contributed by atoms with Crippen molar-refractivity contribution in [1.82, 2.24) is 0 Å². The topological polar surface area (TPSA) is 18.5 Å². The minimum atomic E-state index is 0.329. The van der Waals surface area contributed by atoms with Crippen LogP contribution in [-0.2, 0) is 0 Å². The van der Waals surface area contributed by atoms with Crippen molar-refractivity contribution in [2.75, 3.05) is 6.61 Å². The lowest BCUT2D eigenvalue weighted by Gasteiger charge is -2.36. The second-order valence-electron chi connectivity index (χ2n) is 2.91. The lowest BCUT2D eigenvalue weighted by atomic mass is 9.97. The van der Waals surface area contributed by atoms with Crippen LogP contribution < -0.4 is 9.47 Å². The highest BCUT2D eigenvalue weighted by Gasteiger charge is 2.34. The van der Waals surface area contributed by atoms with Gasteiger partial charge in [0.15, 0.2) is 0 Å². The first kappa shape index (κ1) is 5.47. The Balaban J connectivity index is 2.23. The molecule has 0 fully saturated rings. The standard InChI is InChI=1S/C9H8O2/c1-2-6-9-7(3-1)11-8(9)4-5-10-6/h1-3,8H,4-5H2. The molecule has 0 aromatic heterocycles. The van der Waals surface area contributed by atoms with Crippen LogP contribution in [0, 0.1) is 0 Å². The summed E-state index contributed by atoms with van der Waals surface area (Å²) in [7, 11) is 0. The first-order chi connectivity index (χ1) is 5.45. The van der Waals surface area contributed by atoms with Gasteiger partial charge in [0.25, 0.3) is 0 Å². The van der Waals surface area contributed by atoms with Gasteiger partial charge >= 0.3 is 0 Å². The quantitative estimate of drug-likeness (QED) is 0.559.